The van der Waals surface area contributed by atoms with Crippen molar-refractivity contribution in [3.05, 3.63) is 47.9 Å². The van der Waals surface area contributed by atoms with Crippen molar-refractivity contribution in [3.8, 4) is 23.0 Å². The summed E-state index contributed by atoms with van der Waals surface area (Å²) in [6.07, 6.45) is 3.84. The molecule has 2 aromatic heterocycles. The van der Waals surface area contributed by atoms with E-state index in [2.05, 4.69) is 14.9 Å². The summed E-state index contributed by atoms with van der Waals surface area (Å²) in [4.78, 5) is 17.6. The third-order valence-electron chi connectivity index (χ3n) is 10.2. The second-order valence-corrected chi connectivity index (χ2v) is 12.8. The molecular weight excluding hydrogens is 578 g/mol. The van der Waals surface area contributed by atoms with E-state index in [9.17, 15) is 19.0 Å². The van der Waals surface area contributed by atoms with Crippen LogP contribution in [0.1, 0.15) is 32.1 Å². The Morgan fingerprint density at radius 1 is 1.02 bits per heavy atom. The van der Waals surface area contributed by atoms with Crippen LogP contribution in [0.25, 0.3) is 32.9 Å². The number of fused-ring (bicyclic) bond motifs is 5. The molecule has 1 saturated carbocycles. The number of phenolic OH excluding ortho intramolecular Hbond substituents is 1. The molecule has 5 heterocycles. The van der Waals surface area contributed by atoms with Gasteiger partial charge in [0, 0.05) is 55.0 Å². The maximum absolute atomic E-state index is 16.6. The maximum Gasteiger partial charge on any atom is 0.319 e. The molecule has 4 aromatic rings. The van der Waals surface area contributed by atoms with E-state index in [4.69, 9.17) is 9.72 Å². The molecule has 2 unspecified atom stereocenters. The van der Waals surface area contributed by atoms with Crippen LogP contribution in [-0.2, 0) is 0 Å². The number of alkyl halides is 1. The SMILES string of the molecule is Oc1cc(-c2ncc3c(N4CC5CCC(C4)C5O)nc(OC[C@@]45CCCN4C[C@H](F)C5)nc3c2F)c2c(F)c(F)ccc2c1. The Balaban J connectivity index is 1.26. The number of aliphatic hydroxyl groups is 1. The number of halogens is 4. The fraction of sp³-hybridized carbons (Fsp3) is 0.469. The molecule has 2 aromatic carbocycles. The molecule has 8 rings (SSSR count). The van der Waals surface area contributed by atoms with Gasteiger partial charge in [-0.2, -0.15) is 9.97 Å². The highest BCUT2D eigenvalue weighted by molar-refractivity contribution is 6.00. The Labute approximate surface area is 250 Å². The van der Waals surface area contributed by atoms with Gasteiger partial charge in [-0.15, -0.1) is 0 Å². The summed E-state index contributed by atoms with van der Waals surface area (Å²) in [7, 11) is 0. The second-order valence-electron chi connectivity index (χ2n) is 12.8. The summed E-state index contributed by atoms with van der Waals surface area (Å²) >= 11 is 0. The number of aliphatic hydroxyl groups excluding tert-OH is 1. The first kappa shape index (κ1) is 27.8. The first-order chi connectivity index (χ1) is 21.2. The molecule has 2 N–H and O–H groups in total. The summed E-state index contributed by atoms with van der Waals surface area (Å²) in [5.74, 6) is -2.98. The number of hydrogen-bond acceptors (Lipinski definition) is 8. The van der Waals surface area contributed by atoms with Crippen molar-refractivity contribution in [2.45, 2.75) is 49.9 Å². The molecule has 3 aliphatic heterocycles. The smallest absolute Gasteiger partial charge is 0.319 e. The lowest BCUT2D eigenvalue weighted by molar-refractivity contribution is 0.0790. The quantitative estimate of drug-likeness (QED) is 0.301. The van der Waals surface area contributed by atoms with Gasteiger partial charge in [-0.05, 0) is 55.8 Å². The van der Waals surface area contributed by atoms with E-state index in [0.29, 0.717) is 37.3 Å². The fourth-order valence-electron chi connectivity index (χ4n) is 8.10. The number of phenols is 1. The van der Waals surface area contributed by atoms with Crippen molar-refractivity contribution in [2.24, 2.45) is 11.8 Å². The molecule has 1 aliphatic carbocycles. The minimum atomic E-state index is -1.18. The van der Waals surface area contributed by atoms with Gasteiger partial charge in [0.25, 0.3) is 0 Å². The molecule has 4 fully saturated rings. The molecule has 44 heavy (non-hydrogen) atoms. The number of aromatic nitrogens is 3. The normalized spacial score (nSPS) is 28.3. The van der Waals surface area contributed by atoms with E-state index >= 15 is 8.78 Å². The number of rotatable bonds is 5. The molecule has 230 valence electrons. The molecular formula is C32H31F4N5O3. The summed E-state index contributed by atoms with van der Waals surface area (Å²) in [6, 6.07) is 4.58. The summed E-state index contributed by atoms with van der Waals surface area (Å²) in [5.41, 5.74) is -1.05. The molecule has 0 spiro atoms. The van der Waals surface area contributed by atoms with Crippen molar-refractivity contribution >= 4 is 27.5 Å². The molecule has 2 bridgehead atoms. The van der Waals surface area contributed by atoms with Gasteiger partial charge >= 0.3 is 6.01 Å². The van der Waals surface area contributed by atoms with Crippen LogP contribution < -0.4 is 9.64 Å². The van der Waals surface area contributed by atoms with E-state index in [1.165, 1.54) is 18.3 Å². The zero-order valence-electron chi connectivity index (χ0n) is 23.8. The summed E-state index contributed by atoms with van der Waals surface area (Å²) < 4.78 is 66.5. The molecule has 0 radical (unpaired) electrons. The molecule has 4 atom stereocenters. The van der Waals surface area contributed by atoms with Crippen LogP contribution in [-0.4, -0.2) is 80.7 Å². The van der Waals surface area contributed by atoms with Crippen LogP contribution in [0.15, 0.2) is 30.5 Å². The van der Waals surface area contributed by atoms with E-state index in [1.54, 1.807) is 0 Å². The van der Waals surface area contributed by atoms with E-state index < -0.39 is 35.3 Å². The zero-order valence-corrected chi connectivity index (χ0v) is 23.8. The van der Waals surface area contributed by atoms with Gasteiger partial charge in [-0.25, -0.2) is 17.6 Å². The Morgan fingerprint density at radius 3 is 2.61 bits per heavy atom. The summed E-state index contributed by atoms with van der Waals surface area (Å²) in [5, 5.41) is 21.3. The lowest BCUT2D eigenvalue weighted by Gasteiger charge is -2.36. The first-order valence-corrected chi connectivity index (χ1v) is 15.1. The van der Waals surface area contributed by atoms with Gasteiger partial charge in [0.2, 0.25) is 0 Å². The van der Waals surface area contributed by atoms with Crippen molar-refractivity contribution in [2.75, 3.05) is 37.7 Å². The number of nitrogens with zero attached hydrogens (tertiary/aromatic N) is 5. The maximum atomic E-state index is 16.6. The van der Waals surface area contributed by atoms with Gasteiger partial charge in [-0.3, -0.25) is 9.88 Å². The molecule has 3 saturated heterocycles. The Bertz CT molecular complexity index is 1800. The summed E-state index contributed by atoms with van der Waals surface area (Å²) in [6.45, 7) is 2.30. The standard InChI is InChI=1S/C32H31F4N5O3/c33-19-10-32(6-1-7-41(32)14-19)15-44-31-38-28-22(30(39-31)40-12-17-2-3-18(13-40)29(17)43)11-37-27(26(28)36)21-9-20(42)8-16-4-5-23(34)25(35)24(16)21/h4-5,8-9,11,17-19,29,42-43H,1-3,6-7,10,12-15H2/t17?,18?,19-,29?,32+/m1/s1. The van der Waals surface area contributed by atoms with Gasteiger partial charge in [0.1, 0.15) is 35.6 Å². The number of ether oxygens (including phenoxy) is 1. The van der Waals surface area contributed by atoms with Crippen LogP contribution in [0, 0.1) is 29.3 Å². The van der Waals surface area contributed by atoms with Crippen LogP contribution in [0.3, 0.4) is 0 Å². The predicted octanol–water partition coefficient (Wildman–Crippen LogP) is 5.13. The minimum absolute atomic E-state index is 0.0441. The monoisotopic (exact) mass is 609 g/mol. The van der Waals surface area contributed by atoms with Crippen molar-refractivity contribution in [1.82, 2.24) is 19.9 Å². The van der Waals surface area contributed by atoms with Crippen LogP contribution in [0.2, 0.25) is 0 Å². The van der Waals surface area contributed by atoms with Gasteiger partial charge in [0.15, 0.2) is 17.5 Å². The lowest BCUT2D eigenvalue weighted by Crippen LogP contribution is -2.45. The van der Waals surface area contributed by atoms with Gasteiger partial charge in [0.05, 0.1) is 17.0 Å². The number of pyridine rings is 1. The molecule has 0 amide bonds. The predicted molar refractivity (Wildman–Crippen MR) is 155 cm³/mol. The largest absolute Gasteiger partial charge is 0.508 e. The highest BCUT2D eigenvalue weighted by Gasteiger charge is 2.49. The molecule has 12 heteroatoms. The number of piperidine rings is 1. The number of anilines is 1. The Hall–Kier alpha value is -3.77. The van der Waals surface area contributed by atoms with Gasteiger partial charge in [-0.1, -0.05) is 6.07 Å². The number of aromatic hydroxyl groups is 1. The number of benzene rings is 2. The van der Waals surface area contributed by atoms with Crippen LogP contribution in [0.5, 0.6) is 11.8 Å². The van der Waals surface area contributed by atoms with Crippen molar-refractivity contribution < 1.29 is 32.5 Å². The van der Waals surface area contributed by atoms with Crippen LogP contribution >= 0.6 is 0 Å². The van der Waals surface area contributed by atoms with E-state index in [1.807, 2.05) is 4.90 Å². The average molecular weight is 610 g/mol. The van der Waals surface area contributed by atoms with Crippen molar-refractivity contribution in [1.29, 1.82) is 0 Å². The van der Waals surface area contributed by atoms with E-state index in [-0.39, 0.29) is 57.7 Å². The lowest BCUT2D eigenvalue weighted by atomic mass is 9.95. The first-order valence-electron chi connectivity index (χ1n) is 15.1. The Kier molecular flexibility index (Phi) is 6.39. The van der Waals surface area contributed by atoms with E-state index in [0.717, 1.165) is 44.4 Å². The Morgan fingerprint density at radius 2 is 1.82 bits per heavy atom. The van der Waals surface area contributed by atoms with Gasteiger partial charge < -0.3 is 19.8 Å². The third-order valence-corrected chi connectivity index (χ3v) is 10.2. The van der Waals surface area contributed by atoms with Crippen molar-refractivity contribution in [3.63, 3.8) is 0 Å². The number of hydrogen-bond donors (Lipinski definition) is 2. The second kappa shape index (κ2) is 10.1. The topological polar surface area (TPSA) is 94.8 Å². The third kappa shape index (κ3) is 4.28. The fourth-order valence-corrected chi connectivity index (χ4v) is 8.10. The molecule has 8 nitrogen and oxygen atoms in total. The average Bonchev–Trinajstić information content (AvgIpc) is 3.58. The minimum Gasteiger partial charge on any atom is -0.508 e. The zero-order chi connectivity index (χ0) is 30.3. The highest BCUT2D eigenvalue weighted by Crippen LogP contribution is 2.43. The van der Waals surface area contributed by atoms with Crippen LogP contribution in [0.4, 0.5) is 23.4 Å². The molecule has 4 aliphatic rings. The highest BCUT2D eigenvalue weighted by atomic mass is 19.2.